The van der Waals surface area contributed by atoms with E-state index < -0.39 is 23.2 Å². The molecule has 0 spiro atoms. The second-order valence-corrected chi connectivity index (χ2v) is 6.37. The predicted octanol–water partition coefficient (Wildman–Crippen LogP) is 4.48. The fraction of sp³-hybridized carbons (Fsp3) is 0.222. The number of halogens is 4. The second-order valence-electron chi connectivity index (χ2n) is 5.21. The molecule has 0 aliphatic heterocycles. The second kappa shape index (κ2) is 9.07. The van der Waals surface area contributed by atoms with Crippen LogP contribution in [0.2, 0.25) is 0 Å². The van der Waals surface area contributed by atoms with Crippen LogP contribution in [0.25, 0.3) is 0 Å². The molecule has 27 heavy (non-hydrogen) atoms. The number of nitrogens with zero attached hydrogens (tertiary/aromatic N) is 1. The summed E-state index contributed by atoms with van der Waals surface area (Å²) < 4.78 is 50.5. The zero-order valence-corrected chi connectivity index (χ0v) is 16.6. The minimum Gasteiger partial charge on any atom is -0.493 e. The van der Waals surface area contributed by atoms with Crippen LogP contribution in [-0.2, 0) is 6.18 Å². The molecule has 0 aromatic heterocycles. The van der Waals surface area contributed by atoms with Crippen LogP contribution in [0.5, 0.6) is 11.5 Å². The summed E-state index contributed by atoms with van der Waals surface area (Å²) in [4.78, 5) is 12.1. The fourth-order valence-corrected chi connectivity index (χ4v) is 3.03. The van der Waals surface area contributed by atoms with E-state index in [-0.39, 0.29) is 0 Å². The van der Waals surface area contributed by atoms with E-state index in [1.807, 2.05) is 6.92 Å². The van der Waals surface area contributed by atoms with Crippen molar-refractivity contribution >= 4 is 34.7 Å². The van der Waals surface area contributed by atoms with E-state index in [1.165, 1.54) is 25.5 Å². The molecule has 5 nitrogen and oxygen atoms in total. The minimum absolute atomic E-state index is 0.467. The molecule has 0 bridgehead atoms. The van der Waals surface area contributed by atoms with E-state index in [2.05, 4.69) is 33.1 Å². The summed E-state index contributed by atoms with van der Waals surface area (Å²) in [5.74, 6) is 0.117. The number of hydrazone groups is 1. The van der Waals surface area contributed by atoms with Crippen molar-refractivity contribution in [3.05, 3.63) is 56.7 Å². The van der Waals surface area contributed by atoms with E-state index in [0.29, 0.717) is 23.7 Å². The van der Waals surface area contributed by atoms with Gasteiger partial charge in [0.25, 0.3) is 5.91 Å². The summed E-state index contributed by atoms with van der Waals surface area (Å²) in [7, 11) is 1.49. The lowest BCUT2D eigenvalue weighted by Crippen LogP contribution is -2.22. The molecule has 0 saturated heterocycles. The molecular formula is C18H16F3IN2O3. The lowest BCUT2D eigenvalue weighted by molar-refractivity contribution is -0.137. The maximum Gasteiger partial charge on any atom is 0.417 e. The molecule has 0 radical (unpaired) electrons. The Morgan fingerprint density at radius 3 is 2.63 bits per heavy atom. The summed E-state index contributed by atoms with van der Waals surface area (Å²) in [6.45, 7) is 2.31. The molecule has 0 aliphatic rings. The predicted molar refractivity (Wildman–Crippen MR) is 103 cm³/mol. The quantitative estimate of drug-likeness (QED) is 0.368. The number of hydrogen-bond donors (Lipinski definition) is 1. The third-order valence-corrected chi connectivity index (χ3v) is 4.20. The normalized spacial score (nSPS) is 11.5. The van der Waals surface area contributed by atoms with Crippen molar-refractivity contribution in [2.24, 2.45) is 5.10 Å². The first-order valence-corrected chi connectivity index (χ1v) is 8.85. The van der Waals surface area contributed by atoms with Crippen molar-refractivity contribution in [2.75, 3.05) is 13.7 Å². The number of benzene rings is 2. The Bertz CT molecular complexity index is 854. The zero-order valence-electron chi connectivity index (χ0n) is 14.4. The van der Waals surface area contributed by atoms with Gasteiger partial charge in [0, 0.05) is 0 Å². The third-order valence-electron chi connectivity index (χ3n) is 3.40. The first-order valence-electron chi connectivity index (χ1n) is 7.77. The number of alkyl halides is 3. The van der Waals surface area contributed by atoms with Crippen LogP contribution in [0.15, 0.2) is 41.5 Å². The molecule has 0 unspecified atom stereocenters. The smallest absolute Gasteiger partial charge is 0.417 e. The molecule has 9 heteroatoms. The van der Waals surface area contributed by atoms with Gasteiger partial charge in [-0.05, 0) is 59.3 Å². The van der Waals surface area contributed by atoms with Crippen LogP contribution in [0, 0.1) is 3.57 Å². The van der Waals surface area contributed by atoms with Crippen molar-refractivity contribution in [2.45, 2.75) is 13.1 Å². The van der Waals surface area contributed by atoms with Gasteiger partial charge < -0.3 is 9.47 Å². The summed E-state index contributed by atoms with van der Waals surface area (Å²) in [5.41, 5.74) is 1.18. The van der Waals surface area contributed by atoms with Gasteiger partial charge in [0.1, 0.15) is 0 Å². The van der Waals surface area contributed by atoms with E-state index in [1.54, 1.807) is 12.1 Å². The van der Waals surface area contributed by atoms with E-state index in [0.717, 1.165) is 15.7 Å². The Morgan fingerprint density at radius 1 is 1.30 bits per heavy atom. The Balaban J connectivity index is 2.19. The highest BCUT2D eigenvalue weighted by molar-refractivity contribution is 14.1. The molecule has 0 aliphatic carbocycles. The van der Waals surface area contributed by atoms with Crippen molar-refractivity contribution in [1.29, 1.82) is 0 Å². The van der Waals surface area contributed by atoms with Gasteiger partial charge in [0.05, 0.1) is 34.6 Å². The van der Waals surface area contributed by atoms with Crippen LogP contribution in [0.3, 0.4) is 0 Å². The fourth-order valence-electron chi connectivity index (χ4n) is 2.25. The number of ether oxygens (including phenoxy) is 2. The number of nitrogens with one attached hydrogen (secondary N) is 1. The summed E-state index contributed by atoms with van der Waals surface area (Å²) in [6, 6.07) is 7.90. The molecule has 1 N–H and O–H groups in total. The molecule has 0 heterocycles. The van der Waals surface area contributed by atoms with Crippen LogP contribution >= 0.6 is 22.6 Å². The van der Waals surface area contributed by atoms with Crippen LogP contribution < -0.4 is 14.9 Å². The average Bonchev–Trinajstić information content (AvgIpc) is 2.63. The first kappa shape index (κ1) is 21.0. The standard InChI is InChI=1S/C18H16F3IN2O3/c1-3-27-16-14(22)8-11(9-15(16)26-2)10-23-24-17(25)12-6-4-5-7-13(12)18(19,20)21/h4-10H,3H2,1-2H3,(H,24,25)/b23-10+. The van der Waals surface area contributed by atoms with Crippen LogP contribution in [-0.4, -0.2) is 25.8 Å². The molecule has 2 aromatic rings. The molecule has 0 fully saturated rings. The Kier molecular flexibility index (Phi) is 7.05. The number of hydrogen-bond acceptors (Lipinski definition) is 4. The average molecular weight is 492 g/mol. The molecule has 2 aromatic carbocycles. The molecular weight excluding hydrogens is 476 g/mol. The highest BCUT2D eigenvalue weighted by atomic mass is 127. The molecule has 0 atom stereocenters. The molecule has 1 amide bonds. The van der Waals surface area contributed by atoms with Crippen molar-refractivity contribution in [1.82, 2.24) is 5.43 Å². The monoisotopic (exact) mass is 492 g/mol. The maximum absolute atomic E-state index is 13.0. The summed E-state index contributed by atoms with van der Waals surface area (Å²) in [5, 5.41) is 3.74. The highest BCUT2D eigenvalue weighted by Crippen LogP contribution is 2.34. The van der Waals surface area contributed by atoms with Gasteiger partial charge in [-0.2, -0.15) is 18.3 Å². The largest absolute Gasteiger partial charge is 0.493 e. The van der Waals surface area contributed by atoms with Crippen molar-refractivity contribution < 1.29 is 27.4 Å². The molecule has 0 saturated carbocycles. The Hall–Kier alpha value is -2.30. The first-order chi connectivity index (χ1) is 12.8. The number of methoxy groups -OCH3 is 1. The van der Waals surface area contributed by atoms with Gasteiger partial charge in [-0.1, -0.05) is 12.1 Å². The van der Waals surface area contributed by atoms with Gasteiger partial charge in [-0.3, -0.25) is 4.79 Å². The zero-order chi connectivity index (χ0) is 20.0. The van der Waals surface area contributed by atoms with Gasteiger partial charge in [-0.15, -0.1) is 0 Å². The minimum atomic E-state index is -4.63. The number of amides is 1. The molecule has 144 valence electrons. The Morgan fingerprint density at radius 2 is 2.00 bits per heavy atom. The number of carbonyl (C=O) groups is 1. The lowest BCUT2D eigenvalue weighted by atomic mass is 10.1. The van der Waals surface area contributed by atoms with Gasteiger partial charge in [0.2, 0.25) is 0 Å². The SMILES string of the molecule is CCOc1c(I)cc(/C=N/NC(=O)c2ccccc2C(F)(F)F)cc1OC. The summed E-state index contributed by atoms with van der Waals surface area (Å²) in [6.07, 6.45) is -3.31. The third kappa shape index (κ3) is 5.34. The van der Waals surface area contributed by atoms with Crippen LogP contribution in [0.4, 0.5) is 13.2 Å². The van der Waals surface area contributed by atoms with Crippen molar-refractivity contribution in [3.63, 3.8) is 0 Å². The lowest BCUT2D eigenvalue weighted by Gasteiger charge is -2.12. The van der Waals surface area contributed by atoms with Gasteiger partial charge in [-0.25, -0.2) is 5.43 Å². The Labute approximate surface area is 167 Å². The molecule has 2 rings (SSSR count). The van der Waals surface area contributed by atoms with Crippen molar-refractivity contribution in [3.8, 4) is 11.5 Å². The highest BCUT2D eigenvalue weighted by Gasteiger charge is 2.34. The topological polar surface area (TPSA) is 59.9 Å². The number of carbonyl (C=O) groups excluding carboxylic acids is 1. The maximum atomic E-state index is 13.0. The van der Waals surface area contributed by atoms with Gasteiger partial charge in [0.15, 0.2) is 11.5 Å². The van der Waals surface area contributed by atoms with E-state index >= 15 is 0 Å². The summed E-state index contributed by atoms with van der Waals surface area (Å²) >= 11 is 2.07. The number of rotatable bonds is 6. The van der Waals surface area contributed by atoms with Gasteiger partial charge >= 0.3 is 6.18 Å². The van der Waals surface area contributed by atoms with Crippen LogP contribution in [0.1, 0.15) is 28.4 Å². The van der Waals surface area contributed by atoms with E-state index in [4.69, 9.17) is 9.47 Å². The van der Waals surface area contributed by atoms with E-state index in [9.17, 15) is 18.0 Å².